The van der Waals surface area contributed by atoms with Crippen LogP contribution in [0, 0.1) is 11.8 Å². The van der Waals surface area contributed by atoms with E-state index in [1.54, 1.807) is 0 Å². The summed E-state index contributed by atoms with van der Waals surface area (Å²) in [7, 11) is 0. The zero-order chi connectivity index (χ0) is 22.3. The Morgan fingerprint density at radius 1 is 1.27 bits per heavy atom. The highest BCUT2D eigenvalue weighted by Crippen LogP contribution is 2.34. The SMILES string of the molecule is CC1C=C(Cl)C(Nc2ccccc2CC(=O)OCCNC(=O)[C@@H](N)C(C)C)=C(Cl)C1. The van der Waals surface area contributed by atoms with Gasteiger partial charge in [0, 0.05) is 10.7 Å². The number of halogens is 2. The van der Waals surface area contributed by atoms with Crippen molar-refractivity contribution in [2.45, 2.75) is 39.7 Å². The van der Waals surface area contributed by atoms with Crippen molar-refractivity contribution in [2.75, 3.05) is 18.5 Å². The summed E-state index contributed by atoms with van der Waals surface area (Å²) in [6.07, 6.45) is 2.73. The quantitative estimate of drug-likeness (QED) is 0.389. The smallest absolute Gasteiger partial charge is 0.310 e. The number of carbonyl (C=O) groups is 2. The number of nitrogens with two attached hydrogens (primary N) is 1. The molecule has 2 atom stereocenters. The number of hydrogen-bond acceptors (Lipinski definition) is 5. The number of rotatable bonds is 9. The minimum Gasteiger partial charge on any atom is -0.464 e. The molecule has 2 rings (SSSR count). The molecule has 0 saturated carbocycles. The van der Waals surface area contributed by atoms with E-state index in [0.29, 0.717) is 22.2 Å². The number of para-hydroxylation sites is 1. The van der Waals surface area contributed by atoms with Gasteiger partial charge in [0.05, 0.1) is 29.7 Å². The molecule has 6 nitrogen and oxygen atoms in total. The van der Waals surface area contributed by atoms with Gasteiger partial charge in [-0.2, -0.15) is 0 Å². The van der Waals surface area contributed by atoms with Crippen molar-refractivity contribution in [1.82, 2.24) is 5.32 Å². The van der Waals surface area contributed by atoms with Crippen LogP contribution in [0.3, 0.4) is 0 Å². The number of benzene rings is 1. The molecule has 8 heteroatoms. The summed E-state index contributed by atoms with van der Waals surface area (Å²) in [5, 5.41) is 7.13. The standard InChI is InChI=1S/C22H29Cl2N3O3/c1-13(2)20(25)22(29)26-8-9-30-19(28)12-15-6-4-5-7-18(15)27-21-16(23)10-14(3)11-17(21)24/h4-7,10,13-14,20,27H,8-9,11-12,25H2,1-3H3,(H,26,29)/t14?,20-/m0/s1. The second kappa shape index (κ2) is 11.4. The maximum Gasteiger partial charge on any atom is 0.310 e. The number of esters is 1. The third kappa shape index (κ3) is 7.04. The number of hydrogen-bond donors (Lipinski definition) is 3. The second-order valence-corrected chi connectivity index (χ2v) is 8.58. The minimum absolute atomic E-state index is 0.0379. The van der Waals surface area contributed by atoms with Crippen LogP contribution in [-0.4, -0.2) is 31.1 Å². The van der Waals surface area contributed by atoms with Crippen LogP contribution in [-0.2, 0) is 20.7 Å². The van der Waals surface area contributed by atoms with Crippen LogP contribution in [0.2, 0.25) is 0 Å². The summed E-state index contributed by atoms with van der Waals surface area (Å²) in [6, 6.07) is 6.82. The summed E-state index contributed by atoms with van der Waals surface area (Å²) < 4.78 is 5.24. The third-order valence-corrected chi connectivity index (χ3v) is 5.40. The van der Waals surface area contributed by atoms with E-state index < -0.39 is 12.0 Å². The molecular formula is C22H29Cl2N3O3. The van der Waals surface area contributed by atoms with Gasteiger partial charge in [0.15, 0.2) is 0 Å². The number of allylic oxidation sites excluding steroid dienone is 3. The first kappa shape index (κ1) is 24.3. The van der Waals surface area contributed by atoms with E-state index in [2.05, 4.69) is 10.6 Å². The van der Waals surface area contributed by atoms with E-state index >= 15 is 0 Å². The lowest BCUT2D eigenvalue weighted by Gasteiger charge is -2.21. The first-order chi connectivity index (χ1) is 14.2. The molecule has 0 saturated heterocycles. The highest BCUT2D eigenvalue weighted by molar-refractivity contribution is 6.36. The van der Waals surface area contributed by atoms with Gasteiger partial charge >= 0.3 is 5.97 Å². The molecule has 4 N–H and O–H groups in total. The van der Waals surface area contributed by atoms with Crippen LogP contribution >= 0.6 is 23.2 Å². The Bertz CT molecular complexity index is 837. The molecule has 1 aromatic carbocycles. The summed E-state index contributed by atoms with van der Waals surface area (Å²) in [4.78, 5) is 24.1. The lowest BCUT2D eigenvalue weighted by molar-refractivity contribution is -0.143. The molecule has 0 radical (unpaired) electrons. The van der Waals surface area contributed by atoms with E-state index in [-0.39, 0.29) is 37.3 Å². The maximum atomic E-state index is 12.3. The summed E-state index contributed by atoms with van der Waals surface area (Å²) in [5.74, 6) is -0.342. The van der Waals surface area contributed by atoms with Gasteiger partial charge in [-0.3, -0.25) is 9.59 Å². The van der Waals surface area contributed by atoms with Gasteiger partial charge in [-0.15, -0.1) is 0 Å². The Labute approximate surface area is 187 Å². The van der Waals surface area contributed by atoms with Crippen molar-refractivity contribution in [3.05, 3.63) is 51.7 Å². The maximum absolute atomic E-state index is 12.3. The Kier molecular flexibility index (Phi) is 9.21. The van der Waals surface area contributed by atoms with E-state index in [0.717, 1.165) is 11.3 Å². The monoisotopic (exact) mass is 453 g/mol. The van der Waals surface area contributed by atoms with Gasteiger partial charge in [-0.05, 0) is 29.9 Å². The average Bonchev–Trinajstić information content (AvgIpc) is 2.68. The molecule has 0 heterocycles. The van der Waals surface area contributed by atoms with Crippen molar-refractivity contribution in [2.24, 2.45) is 17.6 Å². The molecule has 0 aromatic heterocycles. The summed E-state index contributed by atoms with van der Waals surface area (Å²) in [6.45, 7) is 6.08. The molecular weight excluding hydrogens is 425 g/mol. The fraction of sp³-hybridized carbons (Fsp3) is 0.455. The zero-order valence-corrected chi connectivity index (χ0v) is 19.0. The highest BCUT2D eigenvalue weighted by Gasteiger charge is 2.20. The average molecular weight is 454 g/mol. The molecule has 1 unspecified atom stereocenters. The minimum atomic E-state index is -0.580. The predicted molar refractivity (Wildman–Crippen MR) is 121 cm³/mol. The van der Waals surface area contributed by atoms with Gasteiger partial charge in [-0.1, -0.05) is 68.2 Å². The predicted octanol–water partition coefficient (Wildman–Crippen LogP) is 3.90. The van der Waals surface area contributed by atoms with Gasteiger partial charge < -0.3 is 21.1 Å². The highest BCUT2D eigenvalue weighted by atomic mass is 35.5. The number of ether oxygens (including phenoxy) is 1. The van der Waals surface area contributed by atoms with E-state index in [1.165, 1.54) is 0 Å². The summed E-state index contributed by atoms with van der Waals surface area (Å²) in [5.41, 5.74) is 7.92. The molecule has 1 aliphatic rings. The lowest BCUT2D eigenvalue weighted by Crippen LogP contribution is -2.44. The van der Waals surface area contributed by atoms with Crippen LogP contribution in [0.5, 0.6) is 0 Å². The molecule has 1 aliphatic carbocycles. The van der Waals surface area contributed by atoms with E-state index in [4.69, 9.17) is 33.7 Å². The van der Waals surface area contributed by atoms with Crippen molar-refractivity contribution < 1.29 is 14.3 Å². The molecule has 30 heavy (non-hydrogen) atoms. The van der Waals surface area contributed by atoms with Crippen LogP contribution in [0.25, 0.3) is 0 Å². The molecule has 0 aliphatic heterocycles. The van der Waals surface area contributed by atoms with Crippen molar-refractivity contribution in [3.8, 4) is 0 Å². The van der Waals surface area contributed by atoms with Crippen LogP contribution in [0.1, 0.15) is 32.8 Å². The molecule has 1 aromatic rings. The number of nitrogens with one attached hydrogen (secondary N) is 2. The number of amides is 1. The first-order valence-corrected chi connectivity index (χ1v) is 10.7. The fourth-order valence-corrected chi connectivity index (χ4v) is 3.75. The Morgan fingerprint density at radius 3 is 2.63 bits per heavy atom. The first-order valence-electron chi connectivity index (χ1n) is 9.99. The molecule has 164 valence electrons. The van der Waals surface area contributed by atoms with Gasteiger partial charge in [-0.25, -0.2) is 0 Å². The molecule has 0 fully saturated rings. The van der Waals surface area contributed by atoms with Crippen molar-refractivity contribution >= 4 is 40.8 Å². The van der Waals surface area contributed by atoms with Crippen molar-refractivity contribution in [1.29, 1.82) is 0 Å². The van der Waals surface area contributed by atoms with Gasteiger partial charge in [0.25, 0.3) is 0 Å². The van der Waals surface area contributed by atoms with Crippen molar-refractivity contribution in [3.63, 3.8) is 0 Å². The fourth-order valence-electron chi connectivity index (χ4n) is 2.93. The second-order valence-electron chi connectivity index (χ2n) is 7.72. The van der Waals surface area contributed by atoms with Gasteiger partial charge in [0.2, 0.25) is 5.91 Å². The third-order valence-electron chi connectivity index (χ3n) is 4.74. The Hall–Kier alpha value is -2.02. The van der Waals surface area contributed by atoms with E-state index in [1.807, 2.05) is 51.1 Å². The van der Waals surface area contributed by atoms with E-state index in [9.17, 15) is 9.59 Å². The Balaban J connectivity index is 1.90. The Morgan fingerprint density at radius 2 is 1.97 bits per heavy atom. The number of carbonyl (C=O) groups excluding carboxylic acids is 2. The normalized spacial score (nSPS) is 17.4. The topological polar surface area (TPSA) is 93.5 Å². The largest absolute Gasteiger partial charge is 0.464 e. The number of anilines is 1. The molecule has 0 bridgehead atoms. The lowest BCUT2D eigenvalue weighted by atomic mass is 10.0. The van der Waals surface area contributed by atoms with Crippen LogP contribution in [0.15, 0.2) is 46.1 Å². The van der Waals surface area contributed by atoms with Gasteiger partial charge in [0.1, 0.15) is 6.61 Å². The molecule has 1 amide bonds. The van der Waals surface area contributed by atoms with Crippen LogP contribution in [0.4, 0.5) is 5.69 Å². The zero-order valence-electron chi connectivity index (χ0n) is 17.5. The summed E-state index contributed by atoms with van der Waals surface area (Å²) >= 11 is 12.7. The van der Waals surface area contributed by atoms with Crippen LogP contribution < -0.4 is 16.4 Å². The molecule has 0 spiro atoms.